The van der Waals surface area contributed by atoms with Crippen molar-refractivity contribution in [3.8, 4) is 0 Å². The minimum atomic E-state index is 0.399. The van der Waals surface area contributed by atoms with Crippen molar-refractivity contribution in [1.29, 1.82) is 0 Å². The molecule has 2 heterocycles. The zero-order valence-electron chi connectivity index (χ0n) is 9.20. The van der Waals surface area contributed by atoms with Gasteiger partial charge in [0.05, 0.1) is 17.1 Å². The number of nitrogens with zero attached hydrogens (tertiary/aromatic N) is 2. The van der Waals surface area contributed by atoms with Crippen LogP contribution in [0.5, 0.6) is 0 Å². The maximum Gasteiger partial charge on any atom is 0.126 e. The Balaban J connectivity index is 2.15. The Hall–Kier alpha value is -1.06. The largest absolute Gasteiger partial charge is 0.330 e. The van der Waals surface area contributed by atoms with Gasteiger partial charge in [-0.05, 0) is 37.6 Å². The van der Waals surface area contributed by atoms with E-state index in [2.05, 4.69) is 21.9 Å². The summed E-state index contributed by atoms with van der Waals surface area (Å²) in [6.07, 6.45) is 2.40. The van der Waals surface area contributed by atoms with Gasteiger partial charge in [-0.1, -0.05) is 11.6 Å². The predicted octanol–water partition coefficient (Wildman–Crippen LogP) is 2.65. The van der Waals surface area contributed by atoms with Crippen LogP contribution < -0.4 is 5.32 Å². The highest BCUT2D eigenvalue weighted by Gasteiger charge is 2.21. The van der Waals surface area contributed by atoms with Crippen molar-refractivity contribution in [3.05, 3.63) is 29.0 Å². The molecule has 84 valence electrons. The van der Waals surface area contributed by atoms with Crippen LogP contribution in [0, 0.1) is 0 Å². The van der Waals surface area contributed by atoms with Crippen molar-refractivity contribution in [2.75, 3.05) is 6.54 Å². The highest BCUT2D eigenvalue weighted by Crippen LogP contribution is 2.26. The first kappa shape index (κ1) is 10.1. The maximum absolute atomic E-state index is 6.00. The smallest absolute Gasteiger partial charge is 0.126 e. The van der Waals surface area contributed by atoms with Crippen molar-refractivity contribution in [2.24, 2.45) is 7.05 Å². The molecule has 1 aromatic heterocycles. The van der Waals surface area contributed by atoms with E-state index in [1.165, 1.54) is 12.8 Å². The van der Waals surface area contributed by atoms with Gasteiger partial charge in [0.1, 0.15) is 5.82 Å². The highest BCUT2D eigenvalue weighted by molar-refractivity contribution is 6.31. The van der Waals surface area contributed by atoms with Crippen LogP contribution in [-0.4, -0.2) is 16.1 Å². The van der Waals surface area contributed by atoms with Crippen LogP contribution in [0.15, 0.2) is 18.2 Å². The molecule has 0 bridgehead atoms. The van der Waals surface area contributed by atoms with E-state index in [9.17, 15) is 0 Å². The van der Waals surface area contributed by atoms with Crippen molar-refractivity contribution >= 4 is 22.6 Å². The van der Waals surface area contributed by atoms with E-state index in [0.717, 1.165) is 28.4 Å². The number of nitrogens with one attached hydrogen (secondary N) is 1. The van der Waals surface area contributed by atoms with Crippen molar-refractivity contribution < 1.29 is 0 Å². The first-order valence-corrected chi connectivity index (χ1v) is 5.99. The van der Waals surface area contributed by atoms with Gasteiger partial charge in [-0.15, -0.1) is 0 Å². The van der Waals surface area contributed by atoms with Crippen LogP contribution in [0.2, 0.25) is 5.02 Å². The van der Waals surface area contributed by atoms with Crippen molar-refractivity contribution in [3.63, 3.8) is 0 Å². The van der Waals surface area contributed by atoms with Crippen LogP contribution in [0.1, 0.15) is 24.7 Å². The average molecular weight is 236 g/mol. The molecule has 0 radical (unpaired) electrons. The number of fused-ring (bicyclic) bond motifs is 1. The molecule has 0 saturated carbocycles. The molecule has 0 amide bonds. The molecule has 0 unspecified atom stereocenters. The van der Waals surface area contributed by atoms with Crippen LogP contribution >= 0.6 is 11.6 Å². The molecule has 0 aliphatic carbocycles. The quantitative estimate of drug-likeness (QED) is 0.824. The van der Waals surface area contributed by atoms with Crippen LogP contribution in [0.25, 0.3) is 11.0 Å². The number of hydrogen-bond acceptors (Lipinski definition) is 2. The first-order valence-electron chi connectivity index (χ1n) is 5.61. The Morgan fingerprint density at radius 1 is 1.50 bits per heavy atom. The van der Waals surface area contributed by atoms with Crippen LogP contribution in [0.4, 0.5) is 0 Å². The van der Waals surface area contributed by atoms with E-state index in [1.807, 2.05) is 18.2 Å². The van der Waals surface area contributed by atoms with Gasteiger partial charge in [0, 0.05) is 12.1 Å². The molecular formula is C12H14ClN3. The van der Waals surface area contributed by atoms with Gasteiger partial charge in [0.15, 0.2) is 0 Å². The lowest BCUT2D eigenvalue weighted by molar-refractivity contribution is 0.584. The van der Waals surface area contributed by atoms with Crippen molar-refractivity contribution in [1.82, 2.24) is 14.9 Å². The molecular weight excluding hydrogens is 222 g/mol. The summed E-state index contributed by atoms with van der Waals surface area (Å²) in [5, 5.41) is 4.24. The lowest BCUT2D eigenvalue weighted by Gasteiger charge is -2.09. The summed E-state index contributed by atoms with van der Waals surface area (Å²) in [6, 6.07) is 6.25. The van der Waals surface area contributed by atoms with Gasteiger partial charge in [0.25, 0.3) is 0 Å². The van der Waals surface area contributed by atoms with E-state index in [0.29, 0.717) is 6.04 Å². The monoisotopic (exact) mass is 235 g/mol. The summed E-state index contributed by atoms with van der Waals surface area (Å²) in [4.78, 5) is 4.68. The Labute approximate surface area is 99.4 Å². The molecule has 1 atom stereocenters. The summed E-state index contributed by atoms with van der Waals surface area (Å²) < 4.78 is 2.14. The third kappa shape index (κ3) is 1.51. The number of aromatic nitrogens is 2. The number of benzene rings is 1. The van der Waals surface area contributed by atoms with E-state index >= 15 is 0 Å². The number of hydrogen-bond donors (Lipinski definition) is 1. The molecule has 3 rings (SSSR count). The third-order valence-corrected chi connectivity index (χ3v) is 3.48. The summed E-state index contributed by atoms with van der Waals surface area (Å²) in [5.74, 6) is 1.12. The number of rotatable bonds is 1. The Bertz CT molecular complexity index is 526. The summed E-state index contributed by atoms with van der Waals surface area (Å²) >= 11 is 6.00. The first-order chi connectivity index (χ1) is 7.75. The second-order valence-corrected chi connectivity index (χ2v) is 4.75. The molecule has 3 nitrogen and oxygen atoms in total. The van der Waals surface area contributed by atoms with Gasteiger partial charge < -0.3 is 9.88 Å². The highest BCUT2D eigenvalue weighted by atomic mass is 35.5. The summed E-state index contributed by atoms with van der Waals surface area (Å²) in [6.45, 7) is 1.09. The molecule has 1 saturated heterocycles. The standard InChI is InChI=1S/C12H14ClN3/c1-16-11-7-8(13)4-5-9(11)15-12(16)10-3-2-6-14-10/h4-5,7,10,14H,2-3,6H2,1H3/t10-/m0/s1. The minimum Gasteiger partial charge on any atom is -0.330 e. The molecule has 1 aliphatic rings. The molecule has 2 aromatic rings. The zero-order valence-corrected chi connectivity index (χ0v) is 9.96. The normalized spacial score (nSPS) is 20.8. The van der Waals surface area contributed by atoms with Gasteiger partial charge in [-0.25, -0.2) is 4.98 Å². The number of imidazole rings is 1. The Kier molecular flexibility index (Phi) is 2.37. The van der Waals surface area contributed by atoms with Gasteiger partial charge in [-0.3, -0.25) is 0 Å². The SMILES string of the molecule is Cn1c([C@@H]2CCCN2)nc2ccc(Cl)cc21. The lowest BCUT2D eigenvalue weighted by atomic mass is 10.2. The van der Waals surface area contributed by atoms with E-state index in [1.54, 1.807) is 0 Å². The fourth-order valence-electron chi connectivity index (χ4n) is 2.40. The molecule has 1 N–H and O–H groups in total. The van der Waals surface area contributed by atoms with Gasteiger partial charge >= 0.3 is 0 Å². The van der Waals surface area contributed by atoms with E-state index in [-0.39, 0.29) is 0 Å². The molecule has 4 heteroatoms. The molecule has 1 aliphatic heterocycles. The summed E-state index contributed by atoms with van der Waals surface area (Å²) in [7, 11) is 2.06. The van der Waals surface area contributed by atoms with E-state index < -0.39 is 0 Å². The van der Waals surface area contributed by atoms with E-state index in [4.69, 9.17) is 11.6 Å². The second kappa shape index (κ2) is 3.75. The topological polar surface area (TPSA) is 29.9 Å². The fourth-order valence-corrected chi connectivity index (χ4v) is 2.56. The maximum atomic E-state index is 6.00. The number of aryl methyl sites for hydroxylation is 1. The summed E-state index contributed by atoms with van der Waals surface area (Å²) in [5.41, 5.74) is 2.13. The molecule has 16 heavy (non-hydrogen) atoms. The predicted molar refractivity (Wildman–Crippen MR) is 65.7 cm³/mol. The van der Waals surface area contributed by atoms with Crippen LogP contribution in [0.3, 0.4) is 0 Å². The fraction of sp³-hybridized carbons (Fsp3) is 0.417. The Morgan fingerprint density at radius 2 is 2.38 bits per heavy atom. The zero-order chi connectivity index (χ0) is 11.1. The van der Waals surface area contributed by atoms with Gasteiger partial charge in [0.2, 0.25) is 0 Å². The van der Waals surface area contributed by atoms with Crippen LogP contribution in [-0.2, 0) is 7.05 Å². The van der Waals surface area contributed by atoms with Crippen molar-refractivity contribution in [2.45, 2.75) is 18.9 Å². The third-order valence-electron chi connectivity index (χ3n) is 3.25. The number of halogens is 1. The molecule has 0 spiro atoms. The molecule has 1 fully saturated rings. The minimum absolute atomic E-state index is 0.399. The molecule has 1 aromatic carbocycles. The Morgan fingerprint density at radius 3 is 3.12 bits per heavy atom. The van der Waals surface area contributed by atoms with Gasteiger partial charge in [-0.2, -0.15) is 0 Å². The average Bonchev–Trinajstić information content (AvgIpc) is 2.87. The lowest BCUT2D eigenvalue weighted by Crippen LogP contribution is -2.16. The second-order valence-electron chi connectivity index (χ2n) is 4.31.